The Morgan fingerprint density at radius 1 is 1.41 bits per heavy atom. The van der Waals surface area contributed by atoms with Gasteiger partial charge in [-0.1, -0.05) is 30.3 Å². The second-order valence-corrected chi connectivity index (χ2v) is 4.05. The molecule has 2 atom stereocenters. The summed E-state index contributed by atoms with van der Waals surface area (Å²) in [6.07, 6.45) is 0.398. The lowest BCUT2D eigenvalue weighted by Gasteiger charge is -2.08. The summed E-state index contributed by atoms with van der Waals surface area (Å²) in [5, 5.41) is 0. The van der Waals surface area contributed by atoms with Crippen molar-refractivity contribution in [1.29, 1.82) is 0 Å². The molecule has 0 bridgehead atoms. The monoisotopic (exact) mass is 234 g/mol. The normalized spacial score (nSPS) is 23.2. The summed E-state index contributed by atoms with van der Waals surface area (Å²) in [4.78, 5) is 22.7. The molecule has 1 fully saturated rings. The lowest BCUT2D eigenvalue weighted by Crippen LogP contribution is -2.14. The van der Waals surface area contributed by atoms with Gasteiger partial charge in [-0.2, -0.15) is 0 Å². The summed E-state index contributed by atoms with van der Waals surface area (Å²) in [6.45, 7) is 0. The molecule has 90 valence electrons. The van der Waals surface area contributed by atoms with Crippen molar-refractivity contribution in [3.8, 4) is 0 Å². The zero-order valence-corrected chi connectivity index (χ0v) is 9.59. The number of carbonyl (C=O) groups excluding carboxylic acids is 2. The largest absolute Gasteiger partial charge is 0.469 e. The molecular weight excluding hydrogens is 220 g/mol. The average Bonchev–Trinajstić information content (AvgIpc) is 2.72. The molecule has 0 amide bonds. The van der Waals surface area contributed by atoms with Crippen LogP contribution in [0, 0.1) is 5.92 Å². The summed E-state index contributed by atoms with van der Waals surface area (Å²) in [6, 6.07) is 9.54. The molecule has 1 heterocycles. The van der Waals surface area contributed by atoms with E-state index in [0.717, 1.165) is 5.56 Å². The first-order chi connectivity index (χ1) is 8.20. The van der Waals surface area contributed by atoms with E-state index in [1.165, 1.54) is 7.11 Å². The van der Waals surface area contributed by atoms with E-state index in [1.807, 2.05) is 30.3 Å². The number of hydrogen-bond acceptors (Lipinski definition) is 4. The van der Waals surface area contributed by atoms with Gasteiger partial charge in [0, 0.05) is 6.42 Å². The lowest BCUT2D eigenvalue weighted by molar-refractivity contribution is -0.149. The second-order valence-electron chi connectivity index (χ2n) is 4.05. The Balaban J connectivity index is 2.02. The zero-order chi connectivity index (χ0) is 12.3. The van der Waals surface area contributed by atoms with Crippen LogP contribution in [-0.2, 0) is 19.1 Å². The molecule has 1 aromatic rings. The standard InChI is InChI=1S/C13H14O4/c1-16-12(14)8-10-7-11(17-13(10)15)9-5-3-2-4-6-9/h2-6,10-11H,7-8H2,1H3/t10-,11+/m0/s1. The number of carbonyl (C=O) groups is 2. The Morgan fingerprint density at radius 2 is 2.12 bits per heavy atom. The molecule has 4 heteroatoms. The minimum atomic E-state index is -0.382. The van der Waals surface area contributed by atoms with E-state index >= 15 is 0 Å². The first-order valence-electron chi connectivity index (χ1n) is 5.53. The van der Waals surface area contributed by atoms with Gasteiger partial charge in [0.05, 0.1) is 19.4 Å². The van der Waals surface area contributed by atoms with Gasteiger partial charge in [0.15, 0.2) is 0 Å². The number of rotatable bonds is 3. The predicted molar refractivity (Wildman–Crippen MR) is 60.0 cm³/mol. The fourth-order valence-electron chi connectivity index (χ4n) is 1.96. The highest BCUT2D eigenvalue weighted by atomic mass is 16.6. The fourth-order valence-corrected chi connectivity index (χ4v) is 1.96. The maximum absolute atomic E-state index is 11.6. The van der Waals surface area contributed by atoms with Gasteiger partial charge in [0.25, 0.3) is 0 Å². The van der Waals surface area contributed by atoms with Crippen LogP contribution >= 0.6 is 0 Å². The van der Waals surface area contributed by atoms with E-state index in [4.69, 9.17) is 4.74 Å². The first kappa shape index (κ1) is 11.6. The quantitative estimate of drug-likeness (QED) is 0.749. The SMILES string of the molecule is COC(=O)C[C@@H]1C[C@H](c2ccccc2)OC1=O. The van der Waals surface area contributed by atoms with Crippen molar-refractivity contribution in [1.82, 2.24) is 0 Å². The molecule has 0 radical (unpaired) electrons. The average molecular weight is 234 g/mol. The Morgan fingerprint density at radius 3 is 2.76 bits per heavy atom. The van der Waals surface area contributed by atoms with Gasteiger partial charge < -0.3 is 9.47 Å². The number of ether oxygens (including phenoxy) is 2. The molecule has 1 saturated heterocycles. The molecule has 4 nitrogen and oxygen atoms in total. The van der Waals surface area contributed by atoms with Crippen LogP contribution in [0.5, 0.6) is 0 Å². The Bertz CT molecular complexity index is 413. The first-order valence-corrected chi connectivity index (χ1v) is 5.53. The van der Waals surface area contributed by atoms with Crippen LogP contribution in [0.3, 0.4) is 0 Å². The molecule has 0 N–H and O–H groups in total. The molecule has 1 aromatic carbocycles. The molecule has 1 aliphatic rings. The maximum atomic E-state index is 11.6. The van der Waals surface area contributed by atoms with Crippen LogP contribution in [0.15, 0.2) is 30.3 Å². The molecule has 0 aromatic heterocycles. The van der Waals surface area contributed by atoms with Gasteiger partial charge in [-0.15, -0.1) is 0 Å². The molecule has 0 unspecified atom stereocenters. The van der Waals surface area contributed by atoms with E-state index in [-0.39, 0.29) is 30.4 Å². The highest BCUT2D eigenvalue weighted by Gasteiger charge is 2.36. The molecule has 0 saturated carbocycles. The number of hydrogen-bond donors (Lipinski definition) is 0. The number of esters is 2. The smallest absolute Gasteiger partial charge is 0.310 e. The Kier molecular flexibility index (Phi) is 3.42. The molecule has 0 spiro atoms. The topological polar surface area (TPSA) is 52.6 Å². The van der Waals surface area contributed by atoms with E-state index in [1.54, 1.807) is 0 Å². The van der Waals surface area contributed by atoms with Crippen LogP contribution in [0.25, 0.3) is 0 Å². The van der Waals surface area contributed by atoms with E-state index in [9.17, 15) is 9.59 Å². The highest BCUT2D eigenvalue weighted by Crippen LogP contribution is 2.34. The van der Waals surface area contributed by atoms with Crippen molar-refractivity contribution < 1.29 is 19.1 Å². The summed E-state index contributed by atoms with van der Waals surface area (Å²) < 4.78 is 9.81. The van der Waals surface area contributed by atoms with Crippen molar-refractivity contribution in [2.75, 3.05) is 7.11 Å². The van der Waals surface area contributed by atoms with E-state index in [0.29, 0.717) is 6.42 Å². The third-order valence-corrected chi connectivity index (χ3v) is 2.90. The third kappa shape index (κ3) is 2.64. The van der Waals surface area contributed by atoms with Gasteiger partial charge >= 0.3 is 11.9 Å². The van der Waals surface area contributed by atoms with Crippen molar-refractivity contribution in [2.24, 2.45) is 5.92 Å². The fraction of sp³-hybridized carbons (Fsp3) is 0.385. The highest BCUT2D eigenvalue weighted by molar-refractivity contribution is 5.81. The summed E-state index contributed by atoms with van der Waals surface area (Å²) in [5.74, 6) is -1.07. The van der Waals surface area contributed by atoms with Crippen LogP contribution in [0.2, 0.25) is 0 Å². The number of cyclic esters (lactones) is 1. The van der Waals surface area contributed by atoms with Crippen LogP contribution in [0.4, 0.5) is 0 Å². The minimum Gasteiger partial charge on any atom is -0.469 e. The van der Waals surface area contributed by atoms with Crippen LogP contribution in [-0.4, -0.2) is 19.0 Å². The van der Waals surface area contributed by atoms with Crippen molar-refractivity contribution in [2.45, 2.75) is 18.9 Å². The summed E-state index contributed by atoms with van der Waals surface area (Å²) in [5.41, 5.74) is 0.966. The van der Waals surface area contributed by atoms with Gasteiger partial charge in [0.2, 0.25) is 0 Å². The summed E-state index contributed by atoms with van der Waals surface area (Å²) in [7, 11) is 1.32. The Hall–Kier alpha value is -1.84. The van der Waals surface area contributed by atoms with Crippen molar-refractivity contribution in [3.05, 3.63) is 35.9 Å². The Labute approximate surface area is 99.5 Å². The molecule has 1 aliphatic heterocycles. The number of methoxy groups -OCH3 is 1. The third-order valence-electron chi connectivity index (χ3n) is 2.90. The lowest BCUT2D eigenvalue weighted by atomic mass is 9.98. The summed E-state index contributed by atoms with van der Waals surface area (Å²) >= 11 is 0. The van der Waals surface area contributed by atoms with Crippen LogP contribution < -0.4 is 0 Å². The zero-order valence-electron chi connectivity index (χ0n) is 9.59. The van der Waals surface area contributed by atoms with Gasteiger partial charge in [-0.25, -0.2) is 0 Å². The minimum absolute atomic E-state index is 0.0959. The van der Waals surface area contributed by atoms with Crippen molar-refractivity contribution in [3.63, 3.8) is 0 Å². The van der Waals surface area contributed by atoms with E-state index < -0.39 is 0 Å². The maximum Gasteiger partial charge on any atom is 0.310 e. The predicted octanol–water partition coefficient (Wildman–Crippen LogP) is 1.85. The molecule has 2 rings (SSSR count). The van der Waals surface area contributed by atoms with Crippen molar-refractivity contribution >= 4 is 11.9 Å². The van der Waals surface area contributed by atoms with Gasteiger partial charge in [-0.05, 0) is 5.56 Å². The molecule has 0 aliphatic carbocycles. The van der Waals surface area contributed by atoms with E-state index in [2.05, 4.69) is 4.74 Å². The van der Waals surface area contributed by atoms with Gasteiger partial charge in [0.1, 0.15) is 6.10 Å². The van der Waals surface area contributed by atoms with Gasteiger partial charge in [-0.3, -0.25) is 9.59 Å². The molecule has 17 heavy (non-hydrogen) atoms. The van der Waals surface area contributed by atoms with Crippen LogP contribution in [0.1, 0.15) is 24.5 Å². The second kappa shape index (κ2) is 4.99. The molecular formula is C13H14O4. The number of benzene rings is 1.